The zero-order valence-electron chi connectivity index (χ0n) is 11.8. The highest BCUT2D eigenvalue weighted by molar-refractivity contribution is 7.91. The van der Waals surface area contributed by atoms with Crippen LogP contribution in [0.2, 0.25) is 0 Å². The summed E-state index contributed by atoms with van der Waals surface area (Å²) in [6.45, 7) is 2.68. The maximum absolute atomic E-state index is 12.8. The van der Waals surface area contributed by atoms with E-state index >= 15 is 0 Å². The van der Waals surface area contributed by atoms with Crippen molar-refractivity contribution < 1.29 is 8.42 Å². The molecule has 1 N–H and O–H groups in total. The summed E-state index contributed by atoms with van der Waals surface area (Å²) in [5.74, 6) is 0. The molecule has 2 saturated heterocycles. The van der Waals surface area contributed by atoms with E-state index in [1.807, 2.05) is 18.4 Å². The van der Waals surface area contributed by atoms with E-state index < -0.39 is 10.0 Å². The summed E-state index contributed by atoms with van der Waals surface area (Å²) >= 11 is 1.32. The lowest BCUT2D eigenvalue weighted by atomic mass is 10.00. The molecule has 2 aliphatic heterocycles. The third-order valence-electron chi connectivity index (χ3n) is 4.36. The number of fused-ring (bicyclic) bond motifs is 2. The quantitative estimate of drug-likeness (QED) is 0.908. The normalized spacial score (nSPS) is 30.0. The molecule has 1 aromatic heterocycles. The Morgan fingerprint density at radius 2 is 2.05 bits per heavy atom. The van der Waals surface area contributed by atoms with Crippen LogP contribution in [0.15, 0.2) is 21.7 Å². The number of nitrogens with zero attached hydrogens (tertiary/aromatic N) is 1. The molecule has 0 saturated carbocycles. The fraction of sp³-hybridized carbons (Fsp3) is 0.714. The van der Waals surface area contributed by atoms with Crippen molar-refractivity contribution in [2.75, 3.05) is 6.54 Å². The molecule has 4 nitrogen and oxygen atoms in total. The minimum Gasteiger partial charge on any atom is -0.311 e. The highest BCUT2D eigenvalue weighted by Crippen LogP contribution is 2.33. The molecule has 2 atom stereocenters. The van der Waals surface area contributed by atoms with E-state index in [-0.39, 0.29) is 6.04 Å². The summed E-state index contributed by atoms with van der Waals surface area (Å²) in [5, 5.41) is 5.42. The van der Waals surface area contributed by atoms with Gasteiger partial charge in [0.25, 0.3) is 10.0 Å². The number of hydrogen-bond acceptors (Lipinski definition) is 4. The molecular formula is C14H22N2O2S2. The molecule has 0 amide bonds. The molecule has 2 aliphatic rings. The fourth-order valence-corrected chi connectivity index (χ4v) is 6.37. The smallest absolute Gasteiger partial charge is 0.252 e. The summed E-state index contributed by atoms with van der Waals surface area (Å²) in [4.78, 5) is 0. The van der Waals surface area contributed by atoms with Crippen molar-refractivity contribution >= 4 is 21.4 Å². The Hall–Kier alpha value is -0.430. The molecule has 2 fully saturated rings. The molecule has 6 heteroatoms. The van der Waals surface area contributed by atoms with Crippen LogP contribution in [0.25, 0.3) is 0 Å². The van der Waals surface area contributed by atoms with Crippen LogP contribution in [0.1, 0.15) is 39.0 Å². The lowest BCUT2D eigenvalue weighted by molar-refractivity contribution is 0.226. The van der Waals surface area contributed by atoms with Crippen LogP contribution in [0.3, 0.4) is 0 Å². The first-order valence-electron chi connectivity index (χ1n) is 7.42. The van der Waals surface area contributed by atoms with Gasteiger partial charge in [0.2, 0.25) is 0 Å². The monoisotopic (exact) mass is 314 g/mol. The van der Waals surface area contributed by atoms with Crippen molar-refractivity contribution in [3.8, 4) is 0 Å². The summed E-state index contributed by atoms with van der Waals surface area (Å²) < 4.78 is 27.9. The van der Waals surface area contributed by atoms with Crippen LogP contribution in [0.5, 0.6) is 0 Å². The van der Waals surface area contributed by atoms with Gasteiger partial charge < -0.3 is 5.32 Å². The van der Waals surface area contributed by atoms with Gasteiger partial charge in [-0.1, -0.05) is 13.0 Å². The SMILES string of the molecule is CCCN(C1CC2CCC(C1)N2)S(=O)(=O)c1cccs1. The molecule has 0 spiro atoms. The van der Waals surface area contributed by atoms with E-state index in [0.29, 0.717) is 22.8 Å². The average Bonchev–Trinajstić information content (AvgIpc) is 3.06. The second kappa shape index (κ2) is 5.75. The molecular weight excluding hydrogens is 292 g/mol. The highest BCUT2D eigenvalue weighted by atomic mass is 32.2. The van der Waals surface area contributed by atoms with Crippen LogP contribution in [-0.2, 0) is 10.0 Å². The first-order chi connectivity index (χ1) is 9.61. The minimum atomic E-state index is -3.31. The van der Waals surface area contributed by atoms with Crippen LogP contribution >= 0.6 is 11.3 Å². The first kappa shape index (κ1) is 14.5. The maximum Gasteiger partial charge on any atom is 0.252 e. The Morgan fingerprint density at radius 1 is 1.35 bits per heavy atom. The average molecular weight is 314 g/mol. The third kappa shape index (κ3) is 2.66. The Labute approximate surface area is 125 Å². The van der Waals surface area contributed by atoms with E-state index in [9.17, 15) is 8.42 Å². The lowest BCUT2D eigenvalue weighted by Gasteiger charge is -2.36. The van der Waals surface area contributed by atoms with E-state index in [4.69, 9.17) is 0 Å². The van der Waals surface area contributed by atoms with Gasteiger partial charge >= 0.3 is 0 Å². The number of piperidine rings is 1. The van der Waals surface area contributed by atoms with Crippen LogP contribution in [-0.4, -0.2) is 37.4 Å². The lowest BCUT2D eigenvalue weighted by Crippen LogP contribution is -2.50. The predicted octanol–water partition coefficient (Wildman–Crippen LogP) is 2.43. The van der Waals surface area contributed by atoms with Gasteiger partial charge in [-0.05, 0) is 43.6 Å². The van der Waals surface area contributed by atoms with Crippen molar-refractivity contribution in [2.45, 2.75) is 61.4 Å². The molecule has 2 unspecified atom stereocenters. The molecule has 1 aromatic rings. The summed E-state index contributed by atoms with van der Waals surface area (Å²) in [7, 11) is -3.31. The first-order valence-corrected chi connectivity index (χ1v) is 9.74. The van der Waals surface area contributed by atoms with Gasteiger partial charge in [-0.3, -0.25) is 0 Å². The van der Waals surface area contributed by atoms with Gasteiger partial charge in [0.05, 0.1) is 0 Å². The number of nitrogens with one attached hydrogen (secondary N) is 1. The van der Waals surface area contributed by atoms with Crippen molar-refractivity contribution in [1.29, 1.82) is 0 Å². The number of rotatable bonds is 5. The largest absolute Gasteiger partial charge is 0.311 e. The molecule has 3 rings (SSSR count). The zero-order valence-corrected chi connectivity index (χ0v) is 13.4. The van der Waals surface area contributed by atoms with Crippen molar-refractivity contribution in [2.24, 2.45) is 0 Å². The maximum atomic E-state index is 12.8. The minimum absolute atomic E-state index is 0.167. The van der Waals surface area contributed by atoms with Crippen molar-refractivity contribution in [3.63, 3.8) is 0 Å². The number of thiophene rings is 1. The van der Waals surface area contributed by atoms with E-state index in [2.05, 4.69) is 5.32 Å². The molecule has 2 bridgehead atoms. The molecule has 0 radical (unpaired) electrons. The van der Waals surface area contributed by atoms with Gasteiger partial charge in [0, 0.05) is 24.7 Å². The topological polar surface area (TPSA) is 49.4 Å². The Balaban J connectivity index is 1.85. The summed E-state index contributed by atoms with van der Waals surface area (Å²) in [6, 6.07) is 4.72. The number of sulfonamides is 1. The van der Waals surface area contributed by atoms with Crippen molar-refractivity contribution in [1.82, 2.24) is 9.62 Å². The van der Waals surface area contributed by atoms with E-state index in [1.165, 1.54) is 24.2 Å². The third-order valence-corrected chi connectivity index (χ3v) is 7.68. The van der Waals surface area contributed by atoms with Gasteiger partial charge in [-0.15, -0.1) is 11.3 Å². The van der Waals surface area contributed by atoms with E-state index in [1.54, 1.807) is 10.4 Å². The number of hydrogen-bond donors (Lipinski definition) is 1. The van der Waals surface area contributed by atoms with Crippen LogP contribution in [0, 0.1) is 0 Å². The summed E-state index contributed by atoms with van der Waals surface area (Å²) in [5.41, 5.74) is 0. The Kier molecular flexibility index (Phi) is 4.17. The molecule has 20 heavy (non-hydrogen) atoms. The van der Waals surface area contributed by atoms with Crippen LogP contribution in [0.4, 0.5) is 0 Å². The van der Waals surface area contributed by atoms with Gasteiger partial charge in [0.15, 0.2) is 0 Å². The van der Waals surface area contributed by atoms with Gasteiger partial charge in [0.1, 0.15) is 4.21 Å². The van der Waals surface area contributed by atoms with Gasteiger partial charge in [-0.2, -0.15) is 4.31 Å². The molecule has 3 heterocycles. The van der Waals surface area contributed by atoms with E-state index in [0.717, 1.165) is 19.3 Å². The fourth-order valence-electron chi connectivity index (χ4n) is 3.51. The molecule has 0 aromatic carbocycles. The van der Waals surface area contributed by atoms with Gasteiger partial charge in [-0.25, -0.2) is 8.42 Å². The Bertz CT molecular complexity index is 530. The van der Waals surface area contributed by atoms with Crippen LogP contribution < -0.4 is 5.32 Å². The summed E-state index contributed by atoms with van der Waals surface area (Å²) in [6.07, 6.45) is 5.17. The molecule has 112 valence electrons. The highest BCUT2D eigenvalue weighted by Gasteiger charge is 2.40. The zero-order chi connectivity index (χ0) is 14.2. The van der Waals surface area contributed by atoms with Crippen molar-refractivity contribution in [3.05, 3.63) is 17.5 Å². The Morgan fingerprint density at radius 3 is 2.60 bits per heavy atom. The second-order valence-corrected chi connectivity index (χ2v) is 8.88. The predicted molar refractivity (Wildman–Crippen MR) is 81.5 cm³/mol. The molecule has 0 aliphatic carbocycles. The standard InChI is InChI=1S/C14H22N2O2S2/c1-2-7-16(20(17,18)14-4-3-8-19-14)13-9-11-5-6-12(10-13)15-11/h3-4,8,11-13,15H,2,5-7,9-10H2,1H3. The second-order valence-electron chi connectivity index (χ2n) is 5.81.